The smallest absolute Gasteiger partial charge is 0.0541 e. The Bertz CT molecular complexity index is 1960. The zero-order valence-electron chi connectivity index (χ0n) is 21.5. The quantitative estimate of drug-likeness (QED) is 0.235. The van der Waals surface area contributed by atoms with E-state index in [1.807, 2.05) is 0 Å². The van der Waals surface area contributed by atoms with Gasteiger partial charge >= 0.3 is 0 Å². The van der Waals surface area contributed by atoms with Crippen molar-refractivity contribution in [1.82, 2.24) is 4.57 Å². The molecule has 2 heteroatoms. The summed E-state index contributed by atoms with van der Waals surface area (Å²) in [4.78, 5) is 2.48. The van der Waals surface area contributed by atoms with Gasteiger partial charge in [0, 0.05) is 45.4 Å². The number of rotatable bonds is 3. The largest absolute Gasteiger partial charge is 0.336 e. The number of anilines is 2. The van der Waals surface area contributed by atoms with Gasteiger partial charge in [0.25, 0.3) is 0 Å². The van der Waals surface area contributed by atoms with Crippen LogP contribution in [0.2, 0.25) is 0 Å². The lowest BCUT2D eigenvalue weighted by molar-refractivity contribution is 0.962. The minimum Gasteiger partial charge on any atom is -0.336 e. The topological polar surface area (TPSA) is 8.17 Å². The summed E-state index contributed by atoms with van der Waals surface area (Å²) < 4.78 is 2.43. The first-order valence-corrected chi connectivity index (χ1v) is 13.5. The number of para-hydroxylation sites is 5. The van der Waals surface area contributed by atoms with Crippen LogP contribution in [0.5, 0.6) is 0 Å². The van der Waals surface area contributed by atoms with E-state index in [4.69, 9.17) is 0 Å². The molecule has 0 amide bonds. The van der Waals surface area contributed by atoms with Crippen LogP contribution in [0.1, 0.15) is 5.56 Å². The maximum absolute atomic E-state index is 2.48. The van der Waals surface area contributed by atoms with Gasteiger partial charge in [0.05, 0.1) is 16.7 Å². The fraction of sp³-hybridized carbons (Fsp3) is 0.0270. The molecule has 0 saturated heterocycles. The van der Waals surface area contributed by atoms with E-state index in [0.717, 1.165) is 6.54 Å². The van der Waals surface area contributed by atoms with E-state index in [0.29, 0.717) is 0 Å². The van der Waals surface area contributed by atoms with E-state index in [1.54, 1.807) is 0 Å². The second-order valence-corrected chi connectivity index (χ2v) is 10.2. The summed E-state index contributed by atoms with van der Waals surface area (Å²) >= 11 is 0. The van der Waals surface area contributed by atoms with Gasteiger partial charge in [-0.2, -0.15) is 0 Å². The number of hydrogen-bond acceptors (Lipinski definition) is 1. The molecule has 0 N–H and O–H groups in total. The van der Waals surface area contributed by atoms with Gasteiger partial charge < -0.3 is 9.47 Å². The molecule has 0 aliphatic carbocycles. The lowest BCUT2D eigenvalue weighted by Gasteiger charge is -2.34. The number of benzene rings is 6. The molecule has 0 unspecified atom stereocenters. The van der Waals surface area contributed by atoms with E-state index < -0.39 is 0 Å². The Morgan fingerprint density at radius 3 is 1.38 bits per heavy atom. The molecule has 0 atom stereocenters. The van der Waals surface area contributed by atoms with E-state index in [1.165, 1.54) is 66.7 Å². The van der Waals surface area contributed by atoms with Gasteiger partial charge in [-0.25, -0.2) is 0 Å². The van der Waals surface area contributed by atoms with Crippen LogP contribution in [0, 0.1) is 0 Å². The maximum atomic E-state index is 2.48. The van der Waals surface area contributed by atoms with Gasteiger partial charge in [-0.05, 0) is 41.5 Å². The van der Waals surface area contributed by atoms with Crippen LogP contribution >= 0.6 is 0 Å². The maximum Gasteiger partial charge on any atom is 0.0541 e. The molecule has 184 valence electrons. The molecule has 0 spiro atoms. The van der Waals surface area contributed by atoms with E-state index in [2.05, 4.69) is 155 Å². The predicted molar refractivity (Wildman–Crippen MR) is 164 cm³/mol. The highest BCUT2D eigenvalue weighted by atomic mass is 15.1. The minimum absolute atomic E-state index is 0.835. The van der Waals surface area contributed by atoms with Crippen LogP contribution in [0.4, 0.5) is 11.4 Å². The second kappa shape index (κ2) is 8.75. The van der Waals surface area contributed by atoms with Crippen molar-refractivity contribution in [3.05, 3.63) is 151 Å². The summed E-state index contributed by atoms with van der Waals surface area (Å²) in [5.41, 5.74) is 12.5. The van der Waals surface area contributed by atoms with Crippen LogP contribution in [-0.4, -0.2) is 4.57 Å². The lowest BCUT2D eigenvalue weighted by atomic mass is 9.92. The van der Waals surface area contributed by atoms with Crippen molar-refractivity contribution in [1.29, 1.82) is 0 Å². The third kappa shape index (κ3) is 3.35. The Labute approximate surface area is 228 Å². The molecule has 1 aromatic heterocycles. The third-order valence-electron chi connectivity index (χ3n) is 8.04. The molecule has 8 rings (SSSR count). The van der Waals surface area contributed by atoms with Gasteiger partial charge in [0.2, 0.25) is 0 Å². The predicted octanol–water partition coefficient (Wildman–Crippen LogP) is 9.77. The van der Waals surface area contributed by atoms with Crippen molar-refractivity contribution in [2.45, 2.75) is 6.54 Å². The van der Waals surface area contributed by atoms with Gasteiger partial charge in [0.15, 0.2) is 0 Å². The van der Waals surface area contributed by atoms with Crippen LogP contribution < -0.4 is 4.90 Å². The SMILES string of the molecule is c1ccc2c(c1)CN(c1ccccc1-c1ccccc1-n1c3ccccc3c3ccccc31)c1ccccc1-2. The zero-order valence-corrected chi connectivity index (χ0v) is 21.5. The third-order valence-corrected chi connectivity index (χ3v) is 8.04. The molecule has 0 fully saturated rings. The standard InChI is InChI=1S/C37H26N2/c1-2-14-27-26(13-1)25-38(33-20-8-3-15-28(27)33)34-21-9-4-16-29(34)30-17-5-10-22-35(30)39-36-23-11-6-18-31(36)32-19-7-12-24-37(32)39/h1-24H,25H2. The van der Waals surface area contributed by atoms with Gasteiger partial charge in [0.1, 0.15) is 0 Å². The summed E-state index contributed by atoms with van der Waals surface area (Å²) in [7, 11) is 0. The van der Waals surface area contributed by atoms with Crippen molar-refractivity contribution in [2.24, 2.45) is 0 Å². The first-order chi connectivity index (χ1) is 19.4. The highest BCUT2D eigenvalue weighted by Gasteiger charge is 2.25. The van der Waals surface area contributed by atoms with Crippen molar-refractivity contribution in [3.63, 3.8) is 0 Å². The van der Waals surface area contributed by atoms with E-state index in [-0.39, 0.29) is 0 Å². The first kappa shape index (κ1) is 22.0. The summed E-state index contributed by atoms with van der Waals surface area (Å²) in [6.07, 6.45) is 0. The molecule has 0 saturated carbocycles. The molecule has 1 aliphatic rings. The molecule has 2 heterocycles. The van der Waals surface area contributed by atoms with Crippen LogP contribution in [0.25, 0.3) is 49.7 Å². The monoisotopic (exact) mass is 498 g/mol. The number of aromatic nitrogens is 1. The second-order valence-electron chi connectivity index (χ2n) is 10.2. The Hall–Kier alpha value is -5.08. The number of fused-ring (bicyclic) bond motifs is 6. The van der Waals surface area contributed by atoms with Crippen molar-refractivity contribution >= 4 is 33.2 Å². The summed E-state index contributed by atoms with van der Waals surface area (Å²) in [5.74, 6) is 0. The Morgan fingerprint density at radius 2 is 0.769 bits per heavy atom. The van der Waals surface area contributed by atoms with E-state index in [9.17, 15) is 0 Å². The van der Waals surface area contributed by atoms with Gasteiger partial charge in [-0.1, -0.05) is 115 Å². The molecular formula is C37H26N2. The van der Waals surface area contributed by atoms with Crippen LogP contribution in [-0.2, 0) is 6.54 Å². The molecule has 0 radical (unpaired) electrons. The molecule has 2 nitrogen and oxygen atoms in total. The molecule has 0 bridgehead atoms. The van der Waals surface area contributed by atoms with Crippen LogP contribution in [0.3, 0.4) is 0 Å². The van der Waals surface area contributed by atoms with Crippen LogP contribution in [0.15, 0.2) is 146 Å². The summed E-state index contributed by atoms with van der Waals surface area (Å²) in [6, 6.07) is 52.7. The molecular weight excluding hydrogens is 472 g/mol. The Kier molecular flexibility index (Phi) is 4.92. The Morgan fingerprint density at radius 1 is 0.359 bits per heavy atom. The highest BCUT2D eigenvalue weighted by molar-refractivity contribution is 6.10. The molecule has 1 aliphatic heterocycles. The fourth-order valence-corrected chi connectivity index (χ4v) is 6.34. The first-order valence-electron chi connectivity index (χ1n) is 13.5. The highest BCUT2D eigenvalue weighted by Crippen LogP contribution is 2.46. The van der Waals surface area contributed by atoms with Crippen molar-refractivity contribution < 1.29 is 0 Å². The van der Waals surface area contributed by atoms with Crippen molar-refractivity contribution in [2.75, 3.05) is 4.90 Å². The minimum atomic E-state index is 0.835. The average Bonchev–Trinajstić information content (AvgIpc) is 3.35. The number of nitrogens with zero attached hydrogens (tertiary/aromatic N) is 2. The number of hydrogen-bond donors (Lipinski definition) is 0. The van der Waals surface area contributed by atoms with Gasteiger partial charge in [-0.15, -0.1) is 0 Å². The molecule has 7 aromatic rings. The average molecular weight is 499 g/mol. The molecule has 39 heavy (non-hydrogen) atoms. The summed E-state index contributed by atoms with van der Waals surface area (Å²) in [5, 5.41) is 2.55. The zero-order chi connectivity index (χ0) is 25.8. The van der Waals surface area contributed by atoms with Gasteiger partial charge in [-0.3, -0.25) is 0 Å². The fourth-order valence-electron chi connectivity index (χ4n) is 6.34. The Balaban J connectivity index is 1.37. The summed E-state index contributed by atoms with van der Waals surface area (Å²) in [6.45, 7) is 0.835. The molecule has 6 aromatic carbocycles. The van der Waals surface area contributed by atoms with Crippen molar-refractivity contribution in [3.8, 4) is 27.9 Å². The van der Waals surface area contributed by atoms with E-state index >= 15 is 0 Å². The normalized spacial score (nSPS) is 12.5. The lowest BCUT2D eigenvalue weighted by Crippen LogP contribution is -2.22.